The lowest BCUT2D eigenvalue weighted by atomic mass is 9.90. The number of carboxylic acid groups (broad SMARTS) is 1. The average Bonchev–Trinajstić information content (AvgIpc) is 2.88. The SMILES string of the molecule is CCCN(CCC(=O)O)C(=O)CN1C(=O)NC(C)(c2ccc(OC)c(C)c2)C1=O. The van der Waals surface area contributed by atoms with E-state index in [-0.39, 0.29) is 13.0 Å². The first-order valence-electron chi connectivity index (χ1n) is 9.42. The molecular weight excluding hydrogens is 378 g/mol. The number of aryl methyl sites for hydroxylation is 1. The highest BCUT2D eigenvalue weighted by atomic mass is 16.5. The summed E-state index contributed by atoms with van der Waals surface area (Å²) in [6.45, 7) is 5.23. The van der Waals surface area contributed by atoms with Crippen LogP contribution < -0.4 is 10.1 Å². The number of rotatable bonds is 9. The predicted molar refractivity (Wildman–Crippen MR) is 104 cm³/mol. The minimum atomic E-state index is -1.30. The molecule has 0 aromatic heterocycles. The number of hydrogen-bond donors (Lipinski definition) is 2. The maximum absolute atomic E-state index is 13.0. The van der Waals surface area contributed by atoms with Gasteiger partial charge in [0.15, 0.2) is 0 Å². The first-order chi connectivity index (χ1) is 13.6. The molecule has 1 fully saturated rings. The Hall–Kier alpha value is -3.10. The fourth-order valence-corrected chi connectivity index (χ4v) is 3.32. The van der Waals surface area contributed by atoms with E-state index in [9.17, 15) is 19.2 Å². The Balaban J connectivity index is 2.19. The van der Waals surface area contributed by atoms with Crippen LogP contribution in [0.15, 0.2) is 18.2 Å². The summed E-state index contributed by atoms with van der Waals surface area (Å²) in [6, 6.07) is 4.52. The summed E-state index contributed by atoms with van der Waals surface area (Å²) in [5.41, 5.74) is 0.0939. The zero-order valence-electron chi connectivity index (χ0n) is 17.2. The van der Waals surface area contributed by atoms with Crippen LogP contribution >= 0.6 is 0 Å². The van der Waals surface area contributed by atoms with Gasteiger partial charge in [0.25, 0.3) is 5.91 Å². The fourth-order valence-electron chi connectivity index (χ4n) is 3.32. The van der Waals surface area contributed by atoms with E-state index in [1.54, 1.807) is 32.2 Å². The van der Waals surface area contributed by atoms with Gasteiger partial charge in [0, 0.05) is 13.1 Å². The van der Waals surface area contributed by atoms with Crippen molar-refractivity contribution in [3.8, 4) is 5.75 Å². The Morgan fingerprint density at radius 1 is 1.28 bits per heavy atom. The van der Waals surface area contributed by atoms with E-state index >= 15 is 0 Å². The molecule has 9 nitrogen and oxygen atoms in total. The van der Waals surface area contributed by atoms with E-state index in [0.717, 1.165) is 10.5 Å². The van der Waals surface area contributed by atoms with Gasteiger partial charge in [-0.25, -0.2) is 4.79 Å². The summed E-state index contributed by atoms with van der Waals surface area (Å²) in [4.78, 5) is 51.2. The number of nitrogens with one attached hydrogen (secondary N) is 1. The highest BCUT2D eigenvalue weighted by Gasteiger charge is 2.49. The monoisotopic (exact) mass is 405 g/mol. The van der Waals surface area contributed by atoms with Crippen LogP contribution in [0.25, 0.3) is 0 Å². The van der Waals surface area contributed by atoms with E-state index in [2.05, 4.69) is 5.32 Å². The second-order valence-corrected chi connectivity index (χ2v) is 7.16. The van der Waals surface area contributed by atoms with Crippen LogP contribution in [0.3, 0.4) is 0 Å². The average molecular weight is 405 g/mol. The first kappa shape index (κ1) is 22.2. The first-order valence-corrected chi connectivity index (χ1v) is 9.42. The van der Waals surface area contributed by atoms with Crippen molar-refractivity contribution in [1.82, 2.24) is 15.1 Å². The molecule has 1 aliphatic heterocycles. The summed E-state index contributed by atoms with van der Waals surface area (Å²) in [6.07, 6.45) is 0.434. The molecule has 1 saturated heterocycles. The number of nitrogens with zero attached hydrogens (tertiary/aromatic N) is 2. The zero-order chi connectivity index (χ0) is 21.8. The fraction of sp³-hybridized carbons (Fsp3) is 0.500. The maximum Gasteiger partial charge on any atom is 0.325 e. The van der Waals surface area contributed by atoms with Crippen molar-refractivity contribution in [3.05, 3.63) is 29.3 Å². The second kappa shape index (κ2) is 8.93. The number of carboxylic acids is 1. The Bertz CT molecular complexity index is 824. The molecule has 0 spiro atoms. The summed E-state index contributed by atoms with van der Waals surface area (Å²) in [5, 5.41) is 11.5. The Labute approximate surface area is 169 Å². The number of hydrogen-bond acceptors (Lipinski definition) is 5. The van der Waals surface area contributed by atoms with E-state index < -0.39 is 35.9 Å². The minimum absolute atomic E-state index is 0.0284. The van der Waals surface area contributed by atoms with Crippen molar-refractivity contribution in [3.63, 3.8) is 0 Å². The molecule has 2 rings (SSSR count). The number of imide groups is 1. The number of ether oxygens (including phenoxy) is 1. The molecule has 1 unspecified atom stereocenters. The van der Waals surface area contributed by atoms with Gasteiger partial charge >= 0.3 is 12.0 Å². The van der Waals surface area contributed by atoms with Gasteiger partial charge in [-0.1, -0.05) is 13.0 Å². The molecule has 1 aliphatic rings. The van der Waals surface area contributed by atoms with Gasteiger partial charge in [0.05, 0.1) is 13.5 Å². The van der Waals surface area contributed by atoms with Crippen molar-refractivity contribution in [1.29, 1.82) is 0 Å². The van der Waals surface area contributed by atoms with E-state index in [1.807, 2.05) is 13.8 Å². The normalized spacial score (nSPS) is 18.6. The molecule has 1 aromatic rings. The number of carbonyl (C=O) groups is 4. The number of benzene rings is 1. The Kier molecular flexibility index (Phi) is 6.84. The Morgan fingerprint density at radius 2 is 1.97 bits per heavy atom. The maximum atomic E-state index is 13.0. The molecule has 1 atom stereocenters. The van der Waals surface area contributed by atoms with Gasteiger partial charge in [-0.2, -0.15) is 0 Å². The molecule has 4 amide bonds. The number of aliphatic carboxylic acids is 1. The molecule has 1 aromatic carbocycles. The van der Waals surface area contributed by atoms with E-state index in [4.69, 9.17) is 9.84 Å². The molecule has 0 radical (unpaired) electrons. The standard InChI is InChI=1S/C20H27N3O6/c1-5-9-22(10-8-17(25)26)16(24)12-23-18(27)20(3,21-19(23)28)14-6-7-15(29-4)13(2)11-14/h6-7,11H,5,8-10,12H2,1-4H3,(H,21,28)(H,25,26). The van der Waals surface area contributed by atoms with Gasteiger partial charge in [0.1, 0.15) is 17.8 Å². The number of urea groups is 1. The Morgan fingerprint density at radius 3 is 2.52 bits per heavy atom. The lowest BCUT2D eigenvalue weighted by Crippen LogP contribution is -2.45. The highest BCUT2D eigenvalue weighted by molar-refractivity contribution is 6.09. The van der Waals surface area contributed by atoms with Crippen molar-refractivity contribution in [2.24, 2.45) is 0 Å². The highest BCUT2D eigenvalue weighted by Crippen LogP contribution is 2.31. The molecule has 0 bridgehead atoms. The van der Waals surface area contributed by atoms with Crippen LogP contribution in [0, 0.1) is 6.92 Å². The van der Waals surface area contributed by atoms with Crippen molar-refractivity contribution < 1.29 is 29.0 Å². The predicted octanol–water partition coefficient (Wildman–Crippen LogP) is 1.48. The van der Waals surface area contributed by atoms with Gasteiger partial charge in [-0.05, 0) is 43.5 Å². The lowest BCUT2D eigenvalue weighted by molar-refractivity contribution is -0.141. The lowest BCUT2D eigenvalue weighted by Gasteiger charge is -2.25. The largest absolute Gasteiger partial charge is 0.496 e. The molecule has 29 heavy (non-hydrogen) atoms. The summed E-state index contributed by atoms with van der Waals surface area (Å²) in [5.74, 6) is -1.35. The van der Waals surface area contributed by atoms with Crippen LogP contribution in [0.2, 0.25) is 0 Å². The molecule has 9 heteroatoms. The van der Waals surface area contributed by atoms with E-state index in [0.29, 0.717) is 24.3 Å². The molecule has 158 valence electrons. The molecule has 0 saturated carbocycles. The summed E-state index contributed by atoms with van der Waals surface area (Å²) >= 11 is 0. The van der Waals surface area contributed by atoms with Gasteiger partial charge in [-0.3, -0.25) is 19.3 Å². The molecule has 0 aliphatic carbocycles. The third kappa shape index (κ3) is 4.67. The summed E-state index contributed by atoms with van der Waals surface area (Å²) in [7, 11) is 1.55. The second-order valence-electron chi connectivity index (χ2n) is 7.16. The van der Waals surface area contributed by atoms with Gasteiger partial charge < -0.3 is 20.1 Å². The quantitative estimate of drug-likeness (QED) is 0.601. The van der Waals surface area contributed by atoms with Crippen molar-refractivity contribution in [2.45, 2.75) is 39.2 Å². The molecule has 2 N–H and O–H groups in total. The van der Waals surface area contributed by atoms with Gasteiger partial charge in [-0.15, -0.1) is 0 Å². The van der Waals surface area contributed by atoms with Gasteiger partial charge in [0.2, 0.25) is 5.91 Å². The van der Waals surface area contributed by atoms with Crippen LogP contribution in [-0.4, -0.2) is 65.5 Å². The minimum Gasteiger partial charge on any atom is -0.496 e. The zero-order valence-corrected chi connectivity index (χ0v) is 17.2. The number of amides is 4. The summed E-state index contributed by atoms with van der Waals surface area (Å²) < 4.78 is 5.23. The van der Waals surface area contributed by atoms with Crippen molar-refractivity contribution >= 4 is 23.8 Å². The number of carbonyl (C=O) groups excluding carboxylic acids is 3. The molecular formula is C20H27N3O6. The van der Waals surface area contributed by atoms with Crippen LogP contribution in [0.5, 0.6) is 5.75 Å². The molecule has 1 heterocycles. The third-order valence-corrected chi connectivity index (χ3v) is 4.98. The third-order valence-electron chi connectivity index (χ3n) is 4.98. The van der Waals surface area contributed by atoms with Crippen molar-refractivity contribution in [2.75, 3.05) is 26.7 Å². The number of methoxy groups -OCH3 is 1. The van der Waals surface area contributed by atoms with Crippen LogP contribution in [-0.2, 0) is 19.9 Å². The van der Waals surface area contributed by atoms with Crippen LogP contribution in [0.1, 0.15) is 37.8 Å². The van der Waals surface area contributed by atoms with Crippen LogP contribution in [0.4, 0.5) is 4.79 Å². The smallest absolute Gasteiger partial charge is 0.325 e. The topological polar surface area (TPSA) is 116 Å². The van der Waals surface area contributed by atoms with E-state index in [1.165, 1.54) is 4.90 Å².